The Morgan fingerprint density at radius 2 is 2.19 bits per heavy atom. The van der Waals surface area contributed by atoms with Gasteiger partial charge in [0, 0.05) is 24.0 Å². The van der Waals surface area contributed by atoms with Gasteiger partial charge < -0.3 is 5.11 Å². The molecule has 0 spiro atoms. The lowest BCUT2D eigenvalue weighted by Crippen LogP contribution is -2.22. The summed E-state index contributed by atoms with van der Waals surface area (Å²) in [7, 11) is 0. The quantitative estimate of drug-likeness (QED) is 0.943. The molecular weight excluding hydrogens is 291 g/mol. The molecule has 1 aromatic heterocycles. The molecule has 1 atom stereocenters. The summed E-state index contributed by atoms with van der Waals surface area (Å²) in [4.78, 5) is 17.6. The summed E-state index contributed by atoms with van der Waals surface area (Å²) < 4.78 is 12.9. The van der Waals surface area contributed by atoms with Crippen LogP contribution in [0.4, 0.5) is 4.39 Å². The van der Waals surface area contributed by atoms with E-state index >= 15 is 0 Å². The lowest BCUT2D eigenvalue weighted by atomic mass is 10.1. The molecule has 1 unspecified atom stereocenters. The number of aliphatic carboxylic acids is 1. The smallest absolute Gasteiger partial charge is 0.307 e. The second-order valence-corrected chi connectivity index (χ2v) is 6.07. The first-order valence-corrected chi connectivity index (χ1v) is 7.65. The lowest BCUT2D eigenvalue weighted by molar-refractivity contribution is -0.141. The fourth-order valence-electron chi connectivity index (χ4n) is 2.51. The number of hydrogen-bond acceptors (Lipinski definition) is 4. The van der Waals surface area contributed by atoms with Crippen LogP contribution in [-0.4, -0.2) is 34.0 Å². The van der Waals surface area contributed by atoms with Gasteiger partial charge in [0.25, 0.3) is 0 Å². The molecule has 0 radical (unpaired) electrons. The number of benzene rings is 1. The normalized spacial score (nSPS) is 19.0. The number of nitrogens with zero attached hydrogens (tertiary/aromatic N) is 2. The van der Waals surface area contributed by atoms with E-state index in [1.807, 2.05) is 5.38 Å². The Bertz CT molecular complexity index is 641. The van der Waals surface area contributed by atoms with Gasteiger partial charge in [-0.1, -0.05) is 0 Å². The molecule has 1 aliphatic rings. The zero-order chi connectivity index (χ0) is 14.8. The highest BCUT2D eigenvalue weighted by molar-refractivity contribution is 7.13. The molecule has 1 aromatic carbocycles. The Morgan fingerprint density at radius 1 is 1.43 bits per heavy atom. The predicted molar refractivity (Wildman–Crippen MR) is 78.5 cm³/mol. The Morgan fingerprint density at radius 3 is 2.86 bits per heavy atom. The minimum Gasteiger partial charge on any atom is -0.481 e. The van der Waals surface area contributed by atoms with Crippen LogP contribution in [0.25, 0.3) is 10.6 Å². The van der Waals surface area contributed by atoms with Crippen LogP contribution < -0.4 is 0 Å². The molecule has 2 aromatic rings. The largest absolute Gasteiger partial charge is 0.481 e. The minimum absolute atomic E-state index is 0.257. The van der Waals surface area contributed by atoms with Gasteiger partial charge in [-0.3, -0.25) is 9.69 Å². The van der Waals surface area contributed by atoms with Crippen LogP contribution in [-0.2, 0) is 11.3 Å². The lowest BCUT2D eigenvalue weighted by Gasteiger charge is -2.12. The van der Waals surface area contributed by atoms with Gasteiger partial charge in [-0.2, -0.15) is 0 Å². The summed E-state index contributed by atoms with van der Waals surface area (Å²) in [5.41, 5.74) is 1.84. The number of carbonyl (C=O) groups is 1. The molecule has 0 saturated carbocycles. The van der Waals surface area contributed by atoms with E-state index in [2.05, 4.69) is 9.88 Å². The van der Waals surface area contributed by atoms with Gasteiger partial charge in [0.1, 0.15) is 10.8 Å². The average Bonchev–Trinajstić information content (AvgIpc) is 3.10. The van der Waals surface area contributed by atoms with Crippen LogP contribution in [0.2, 0.25) is 0 Å². The molecule has 0 bridgehead atoms. The first kappa shape index (κ1) is 14.2. The fourth-order valence-corrected chi connectivity index (χ4v) is 3.33. The van der Waals surface area contributed by atoms with E-state index in [4.69, 9.17) is 5.11 Å². The molecule has 110 valence electrons. The van der Waals surface area contributed by atoms with Gasteiger partial charge in [0.2, 0.25) is 0 Å². The van der Waals surface area contributed by atoms with Crippen molar-refractivity contribution in [2.24, 2.45) is 5.92 Å². The number of carboxylic acid groups (broad SMARTS) is 1. The summed E-state index contributed by atoms with van der Waals surface area (Å²) >= 11 is 1.52. The topological polar surface area (TPSA) is 53.4 Å². The zero-order valence-electron chi connectivity index (χ0n) is 11.3. The first-order chi connectivity index (χ1) is 10.1. The average molecular weight is 306 g/mol. The van der Waals surface area contributed by atoms with E-state index in [1.165, 1.54) is 23.5 Å². The molecule has 1 saturated heterocycles. The summed E-state index contributed by atoms with van der Waals surface area (Å²) in [6.45, 7) is 2.04. The molecule has 4 nitrogen and oxygen atoms in total. The van der Waals surface area contributed by atoms with Crippen LogP contribution in [0, 0.1) is 11.7 Å². The summed E-state index contributed by atoms with van der Waals surface area (Å²) in [6, 6.07) is 6.28. The van der Waals surface area contributed by atoms with Gasteiger partial charge in [-0.15, -0.1) is 11.3 Å². The third kappa shape index (κ3) is 3.28. The molecule has 0 aliphatic carbocycles. The van der Waals surface area contributed by atoms with Crippen molar-refractivity contribution in [2.45, 2.75) is 13.0 Å². The molecule has 6 heteroatoms. The van der Waals surface area contributed by atoms with Crippen LogP contribution >= 0.6 is 11.3 Å². The van der Waals surface area contributed by atoms with Crippen molar-refractivity contribution in [3.8, 4) is 10.6 Å². The standard InChI is InChI=1S/C15H15FN2O2S/c16-12-3-1-10(2-4-12)14-17-13(9-21-14)8-18-6-5-11(7-18)15(19)20/h1-4,9,11H,5-8H2,(H,19,20). The maximum absolute atomic E-state index is 12.9. The van der Waals surface area contributed by atoms with Crippen molar-refractivity contribution >= 4 is 17.3 Å². The third-order valence-corrected chi connectivity index (χ3v) is 4.59. The zero-order valence-corrected chi connectivity index (χ0v) is 12.1. The monoisotopic (exact) mass is 306 g/mol. The SMILES string of the molecule is O=C(O)C1CCN(Cc2csc(-c3ccc(F)cc3)n2)C1. The molecule has 3 rings (SSSR count). The number of halogens is 1. The summed E-state index contributed by atoms with van der Waals surface area (Å²) in [6.07, 6.45) is 0.699. The predicted octanol–water partition coefficient (Wildman–Crippen LogP) is 2.86. The van der Waals surface area contributed by atoms with E-state index in [0.29, 0.717) is 19.5 Å². The van der Waals surface area contributed by atoms with Crippen LogP contribution in [0.1, 0.15) is 12.1 Å². The maximum Gasteiger partial charge on any atom is 0.307 e. The summed E-state index contributed by atoms with van der Waals surface area (Å²) in [5.74, 6) is -1.24. The number of rotatable bonds is 4. The second kappa shape index (κ2) is 5.91. The van der Waals surface area contributed by atoms with Crippen molar-refractivity contribution in [3.63, 3.8) is 0 Å². The molecule has 21 heavy (non-hydrogen) atoms. The van der Waals surface area contributed by atoms with Gasteiger partial charge in [-0.25, -0.2) is 9.37 Å². The van der Waals surface area contributed by atoms with E-state index in [-0.39, 0.29) is 11.7 Å². The van der Waals surface area contributed by atoms with Gasteiger partial charge in [0.05, 0.1) is 11.6 Å². The molecule has 1 fully saturated rings. The Hall–Kier alpha value is -1.79. The molecule has 2 heterocycles. The van der Waals surface area contributed by atoms with E-state index in [1.54, 1.807) is 12.1 Å². The second-order valence-electron chi connectivity index (χ2n) is 5.21. The number of thiazole rings is 1. The Kier molecular flexibility index (Phi) is 3.98. The number of carboxylic acids is 1. The van der Waals surface area contributed by atoms with Crippen molar-refractivity contribution in [1.29, 1.82) is 0 Å². The molecule has 1 aliphatic heterocycles. The van der Waals surface area contributed by atoms with Crippen LogP contribution in [0.15, 0.2) is 29.6 Å². The first-order valence-electron chi connectivity index (χ1n) is 6.77. The number of likely N-dealkylation sites (tertiary alicyclic amines) is 1. The highest BCUT2D eigenvalue weighted by Gasteiger charge is 2.28. The van der Waals surface area contributed by atoms with Gasteiger partial charge in [-0.05, 0) is 37.2 Å². The van der Waals surface area contributed by atoms with Crippen molar-refractivity contribution in [2.75, 3.05) is 13.1 Å². The highest BCUT2D eigenvalue weighted by Crippen LogP contribution is 2.25. The van der Waals surface area contributed by atoms with Crippen molar-refractivity contribution in [3.05, 3.63) is 41.2 Å². The van der Waals surface area contributed by atoms with Crippen LogP contribution in [0.3, 0.4) is 0 Å². The fraction of sp³-hybridized carbons (Fsp3) is 0.333. The van der Waals surface area contributed by atoms with Crippen LogP contribution in [0.5, 0.6) is 0 Å². The minimum atomic E-state index is -0.720. The van der Waals surface area contributed by atoms with Gasteiger partial charge in [0.15, 0.2) is 0 Å². The summed E-state index contributed by atoms with van der Waals surface area (Å²) in [5, 5.41) is 11.8. The Balaban J connectivity index is 1.66. The number of hydrogen-bond donors (Lipinski definition) is 1. The number of aromatic nitrogens is 1. The van der Waals surface area contributed by atoms with Crippen molar-refractivity contribution < 1.29 is 14.3 Å². The highest BCUT2D eigenvalue weighted by atomic mass is 32.1. The van der Waals surface area contributed by atoms with E-state index in [9.17, 15) is 9.18 Å². The molecule has 1 N–H and O–H groups in total. The maximum atomic E-state index is 12.9. The van der Waals surface area contributed by atoms with Gasteiger partial charge >= 0.3 is 5.97 Å². The Labute approximate surface area is 125 Å². The van der Waals surface area contributed by atoms with Crippen molar-refractivity contribution in [1.82, 2.24) is 9.88 Å². The molecule has 0 amide bonds. The molecular formula is C15H15FN2O2S. The van der Waals surface area contributed by atoms with E-state index < -0.39 is 5.97 Å². The third-order valence-electron chi connectivity index (χ3n) is 3.65. The van der Waals surface area contributed by atoms with E-state index in [0.717, 1.165) is 22.8 Å².